The molecular formula is C7H15ClN2O. The average molecular weight is 179 g/mol. The second-order valence-electron chi connectivity index (χ2n) is 2.73. The molecule has 0 saturated heterocycles. The molecule has 1 aliphatic rings. The first-order valence-electron chi connectivity index (χ1n) is 3.82. The molecule has 0 heterocycles. The van der Waals surface area contributed by atoms with Crippen molar-refractivity contribution in [2.24, 2.45) is 5.73 Å². The lowest BCUT2D eigenvalue weighted by molar-refractivity contribution is -0.121. The monoisotopic (exact) mass is 178 g/mol. The highest BCUT2D eigenvalue weighted by Crippen LogP contribution is 2.18. The smallest absolute Gasteiger partial charge is 0.220 e. The molecule has 0 spiro atoms. The fraction of sp³-hybridized carbons (Fsp3) is 0.857. The molecule has 11 heavy (non-hydrogen) atoms. The van der Waals surface area contributed by atoms with Crippen LogP contribution in [-0.2, 0) is 4.79 Å². The normalized spacial score (nSPS) is 15.4. The third-order valence-corrected chi connectivity index (χ3v) is 1.55. The Morgan fingerprint density at radius 2 is 2.18 bits per heavy atom. The molecule has 0 aromatic rings. The summed E-state index contributed by atoms with van der Waals surface area (Å²) in [6.07, 6.45) is 3.72. The van der Waals surface area contributed by atoms with Crippen LogP contribution in [0.4, 0.5) is 0 Å². The van der Waals surface area contributed by atoms with E-state index in [-0.39, 0.29) is 18.3 Å². The molecule has 66 valence electrons. The number of rotatable bonds is 4. The molecule has 1 rings (SSSR count). The van der Waals surface area contributed by atoms with E-state index in [1.165, 1.54) is 0 Å². The van der Waals surface area contributed by atoms with Crippen LogP contribution in [0.5, 0.6) is 0 Å². The van der Waals surface area contributed by atoms with Gasteiger partial charge in [0.05, 0.1) is 0 Å². The topological polar surface area (TPSA) is 55.1 Å². The minimum absolute atomic E-state index is 0. The summed E-state index contributed by atoms with van der Waals surface area (Å²) in [7, 11) is 0. The van der Waals surface area contributed by atoms with E-state index in [0.717, 1.165) is 19.3 Å². The SMILES string of the molecule is Cl.NCCCC(=O)NC1CC1. The predicted molar refractivity (Wildman–Crippen MR) is 46.7 cm³/mol. The summed E-state index contributed by atoms with van der Waals surface area (Å²) >= 11 is 0. The molecule has 4 heteroatoms. The van der Waals surface area contributed by atoms with Gasteiger partial charge in [-0.25, -0.2) is 0 Å². The van der Waals surface area contributed by atoms with Crippen LogP contribution in [0.1, 0.15) is 25.7 Å². The lowest BCUT2D eigenvalue weighted by atomic mass is 10.3. The molecule has 3 N–H and O–H groups in total. The summed E-state index contributed by atoms with van der Waals surface area (Å²) in [6, 6.07) is 0.491. The van der Waals surface area contributed by atoms with Gasteiger partial charge >= 0.3 is 0 Å². The van der Waals surface area contributed by atoms with Crippen molar-refractivity contribution in [2.75, 3.05) is 6.54 Å². The molecule has 0 aromatic carbocycles. The van der Waals surface area contributed by atoms with Crippen molar-refractivity contribution in [1.29, 1.82) is 0 Å². The number of nitrogens with two attached hydrogens (primary N) is 1. The molecule has 0 aliphatic heterocycles. The van der Waals surface area contributed by atoms with Gasteiger partial charge < -0.3 is 11.1 Å². The maximum absolute atomic E-state index is 10.9. The summed E-state index contributed by atoms with van der Waals surface area (Å²) in [6.45, 7) is 0.609. The van der Waals surface area contributed by atoms with E-state index < -0.39 is 0 Å². The molecule has 0 unspecified atom stereocenters. The molecule has 3 nitrogen and oxygen atoms in total. The highest BCUT2D eigenvalue weighted by atomic mass is 35.5. The Morgan fingerprint density at radius 1 is 1.55 bits per heavy atom. The van der Waals surface area contributed by atoms with Crippen molar-refractivity contribution in [3.8, 4) is 0 Å². The van der Waals surface area contributed by atoms with Crippen molar-refractivity contribution in [3.05, 3.63) is 0 Å². The lowest BCUT2D eigenvalue weighted by Crippen LogP contribution is -2.25. The summed E-state index contributed by atoms with van der Waals surface area (Å²) < 4.78 is 0. The van der Waals surface area contributed by atoms with Crippen LogP contribution in [-0.4, -0.2) is 18.5 Å². The van der Waals surface area contributed by atoms with Gasteiger partial charge in [-0.05, 0) is 25.8 Å². The van der Waals surface area contributed by atoms with Crippen LogP contribution in [0.3, 0.4) is 0 Å². The van der Waals surface area contributed by atoms with Crippen molar-refractivity contribution < 1.29 is 4.79 Å². The zero-order valence-electron chi connectivity index (χ0n) is 6.51. The lowest BCUT2D eigenvalue weighted by Gasteiger charge is -2.00. The summed E-state index contributed by atoms with van der Waals surface area (Å²) in [5, 5.41) is 2.89. The molecule has 1 saturated carbocycles. The highest BCUT2D eigenvalue weighted by Gasteiger charge is 2.22. The van der Waals surface area contributed by atoms with Crippen LogP contribution in [0.25, 0.3) is 0 Å². The molecular weight excluding hydrogens is 164 g/mol. The molecule has 0 aromatic heterocycles. The first kappa shape index (κ1) is 10.7. The average Bonchev–Trinajstić information content (AvgIpc) is 2.67. The largest absolute Gasteiger partial charge is 0.353 e. The summed E-state index contributed by atoms with van der Waals surface area (Å²) in [5.74, 6) is 0.160. The molecule has 0 atom stereocenters. The first-order valence-corrected chi connectivity index (χ1v) is 3.82. The Labute approximate surface area is 73.1 Å². The third kappa shape index (κ3) is 5.04. The summed E-state index contributed by atoms with van der Waals surface area (Å²) in [5.41, 5.74) is 5.24. The van der Waals surface area contributed by atoms with Gasteiger partial charge in [-0.3, -0.25) is 4.79 Å². The second kappa shape index (κ2) is 5.38. The number of hydrogen-bond acceptors (Lipinski definition) is 2. The molecule has 0 bridgehead atoms. The van der Waals surface area contributed by atoms with Crippen molar-refractivity contribution in [2.45, 2.75) is 31.7 Å². The van der Waals surface area contributed by atoms with Gasteiger partial charge in [0.2, 0.25) is 5.91 Å². The number of hydrogen-bond donors (Lipinski definition) is 2. The Morgan fingerprint density at radius 3 is 2.64 bits per heavy atom. The van der Waals surface area contributed by atoms with Gasteiger partial charge in [0.15, 0.2) is 0 Å². The molecule has 0 radical (unpaired) electrons. The van der Waals surface area contributed by atoms with E-state index >= 15 is 0 Å². The Kier molecular flexibility index (Phi) is 5.24. The van der Waals surface area contributed by atoms with Gasteiger partial charge in [-0.1, -0.05) is 0 Å². The Balaban J connectivity index is 0.000001000. The van der Waals surface area contributed by atoms with Gasteiger partial charge in [0, 0.05) is 12.5 Å². The minimum atomic E-state index is 0. The van der Waals surface area contributed by atoms with E-state index in [9.17, 15) is 4.79 Å². The fourth-order valence-corrected chi connectivity index (χ4v) is 0.790. The van der Waals surface area contributed by atoms with Crippen molar-refractivity contribution in [1.82, 2.24) is 5.32 Å². The van der Waals surface area contributed by atoms with Crippen molar-refractivity contribution in [3.63, 3.8) is 0 Å². The van der Waals surface area contributed by atoms with Crippen LogP contribution >= 0.6 is 12.4 Å². The van der Waals surface area contributed by atoms with Gasteiger partial charge in [0.1, 0.15) is 0 Å². The van der Waals surface area contributed by atoms with E-state index in [4.69, 9.17) is 5.73 Å². The van der Waals surface area contributed by atoms with Crippen LogP contribution in [0, 0.1) is 0 Å². The van der Waals surface area contributed by atoms with Gasteiger partial charge in [0.25, 0.3) is 0 Å². The zero-order chi connectivity index (χ0) is 7.40. The van der Waals surface area contributed by atoms with E-state index in [0.29, 0.717) is 19.0 Å². The van der Waals surface area contributed by atoms with Crippen molar-refractivity contribution >= 4 is 18.3 Å². The van der Waals surface area contributed by atoms with E-state index in [1.807, 2.05) is 0 Å². The molecule has 1 aliphatic carbocycles. The number of nitrogens with one attached hydrogen (secondary N) is 1. The number of carbonyl (C=O) groups excluding carboxylic acids is 1. The molecule has 1 amide bonds. The maximum atomic E-state index is 10.9. The van der Waals surface area contributed by atoms with Gasteiger partial charge in [-0.2, -0.15) is 0 Å². The minimum Gasteiger partial charge on any atom is -0.353 e. The number of amides is 1. The standard InChI is InChI=1S/C7H14N2O.ClH/c8-5-1-2-7(10)9-6-3-4-6;/h6H,1-5,8H2,(H,9,10);1H. The third-order valence-electron chi connectivity index (χ3n) is 1.55. The quantitative estimate of drug-likeness (QED) is 0.656. The van der Waals surface area contributed by atoms with Gasteiger partial charge in [-0.15, -0.1) is 12.4 Å². The van der Waals surface area contributed by atoms with Crippen LogP contribution < -0.4 is 11.1 Å². The fourth-order valence-electron chi connectivity index (χ4n) is 0.790. The first-order chi connectivity index (χ1) is 4.83. The number of halogens is 1. The second-order valence-corrected chi connectivity index (χ2v) is 2.73. The number of carbonyl (C=O) groups is 1. The van der Waals surface area contributed by atoms with Crippen LogP contribution in [0.15, 0.2) is 0 Å². The Bertz CT molecular complexity index is 126. The highest BCUT2D eigenvalue weighted by molar-refractivity contribution is 5.85. The predicted octanol–water partition coefficient (Wildman–Crippen LogP) is 0.426. The van der Waals surface area contributed by atoms with Crippen LogP contribution in [0.2, 0.25) is 0 Å². The molecule has 1 fully saturated rings. The zero-order valence-corrected chi connectivity index (χ0v) is 7.32. The van der Waals surface area contributed by atoms with E-state index in [2.05, 4.69) is 5.32 Å². The summed E-state index contributed by atoms with van der Waals surface area (Å²) in [4.78, 5) is 10.9. The van der Waals surface area contributed by atoms with E-state index in [1.54, 1.807) is 0 Å². The maximum Gasteiger partial charge on any atom is 0.220 e. The Hall–Kier alpha value is -0.280.